The lowest BCUT2D eigenvalue weighted by molar-refractivity contribution is 0.144. The van der Waals surface area contributed by atoms with Gasteiger partial charge >= 0.3 is 0 Å². The Morgan fingerprint density at radius 3 is 1.73 bits per heavy atom. The minimum absolute atomic E-state index is 0.214. The van der Waals surface area contributed by atoms with Gasteiger partial charge in [-0.3, -0.25) is 4.55 Å². The van der Waals surface area contributed by atoms with Gasteiger partial charge in [0.05, 0.1) is 0 Å². The Morgan fingerprint density at radius 1 is 1.27 bits per heavy atom. The Morgan fingerprint density at radius 2 is 1.64 bits per heavy atom. The Balaban J connectivity index is 4.00. The van der Waals surface area contributed by atoms with E-state index in [1.54, 1.807) is 5.01 Å². The van der Waals surface area contributed by atoms with E-state index in [-0.39, 0.29) is 12.1 Å². The molecule has 0 fully saturated rings. The smallest absolute Gasteiger partial charge is 0.246 e. The van der Waals surface area contributed by atoms with Gasteiger partial charge in [-0.25, -0.2) is 9.22 Å². The minimum atomic E-state index is -1.96. The number of nitrogens with zero attached hydrogens (tertiary/aromatic N) is 1. The van der Waals surface area contributed by atoms with Crippen LogP contribution in [0.25, 0.3) is 0 Å². The lowest BCUT2D eigenvalue weighted by Gasteiger charge is -2.28. The molecule has 68 valence electrons. The molecule has 0 saturated carbocycles. The van der Waals surface area contributed by atoms with E-state index in [4.69, 9.17) is 4.55 Å². The quantitative estimate of drug-likeness (QED) is 0.496. The van der Waals surface area contributed by atoms with Crippen molar-refractivity contribution in [3.63, 3.8) is 0 Å². The summed E-state index contributed by atoms with van der Waals surface area (Å²) in [6.45, 7) is 7.83. The zero-order valence-corrected chi connectivity index (χ0v) is 8.18. The van der Waals surface area contributed by atoms with Crippen molar-refractivity contribution in [2.75, 3.05) is 0 Å². The highest BCUT2D eigenvalue weighted by Crippen LogP contribution is 2.00. The molecular weight excluding hydrogens is 164 g/mol. The molecule has 2 N–H and O–H groups in total. The zero-order valence-electron chi connectivity index (χ0n) is 7.37. The van der Waals surface area contributed by atoms with Crippen LogP contribution in [-0.4, -0.2) is 25.9 Å². The monoisotopic (exact) mass is 180 g/mol. The maximum Gasteiger partial charge on any atom is 0.246 e. The molecule has 1 unspecified atom stereocenters. The van der Waals surface area contributed by atoms with Crippen molar-refractivity contribution < 1.29 is 8.76 Å². The van der Waals surface area contributed by atoms with E-state index < -0.39 is 11.3 Å². The standard InChI is InChI=1S/C6H16N2O2S/c1-5(2)8(6(3)4)7-11(9)10/h5-7H,1-4H3,(H,9,10). The average molecular weight is 180 g/mol. The highest BCUT2D eigenvalue weighted by Gasteiger charge is 2.13. The second-order valence-corrected chi connectivity index (χ2v) is 3.62. The van der Waals surface area contributed by atoms with Crippen LogP contribution in [0.15, 0.2) is 0 Å². The normalized spacial score (nSPS) is 14.9. The fraction of sp³-hybridized carbons (Fsp3) is 1.00. The molecule has 0 aliphatic heterocycles. The van der Waals surface area contributed by atoms with Gasteiger partial charge in [0.15, 0.2) is 0 Å². The SMILES string of the molecule is CC(C)N(NS(=O)O)C(C)C. The van der Waals surface area contributed by atoms with Crippen LogP contribution in [0.1, 0.15) is 27.7 Å². The molecule has 0 heterocycles. The fourth-order valence-electron chi connectivity index (χ4n) is 0.897. The number of nitrogens with one attached hydrogen (secondary N) is 1. The van der Waals surface area contributed by atoms with Crippen LogP contribution in [0.5, 0.6) is 0 Å². The van der Waals surface area contributed by atoms with Gasteiger partial charge in [0, 0.05) is 12.1 Å². The molecule has 0 amide bonds. The number of rotatable bonds is 4. The summed E-state index contributed by atoms with van der Waals surface area (Å²) in [6.07, 6.45) is 0. The van der Waals surface area contributed by atoms with Crippen molar-refractivity contribution in [1.82, 2.24) is 9.84 Å². The molecule has 0 bridgehead atoms. The number of hydrogen-bond acceptors (Lipinski definition) is 2. The van der Waals surface area contributed by atoms with E-state index in [2.05, 4.69) is 4.83 Å². The number of hydrogen-bond donors (Lipinski definition) is 2. The predicted molar refractivity (Wildman–Crippen MR) is 46.0 cm³/mol. The van der Waals surface area contributed by atoms with Gasteiger partial charge in [-0.15, -0.1) is 4.83 Å². The summed E-state index contributed by atoms with van der Waals surface area (Å²) in [4.78, 5) is 2.44. The summed E-state index contributed by atoms with van der Waals surface area (Å²) in [5, 5.41) is 1.73. The molecule has 0 rings (SSSR count). The van der Waals surface area contributed by atoms with E-state index in [1.807, 2.05) is 27.7 Å². The summed E-state index contributed by atoms with van der Waals surface area (Å²) in [6, 6.07) is 0.428. The molecule has 0 aliphatic carbocycles. The molecule has 0 saturated heterocycles. The molecule has 4 nitrogen and oxygen atoms in total. The number of hydrazine groups is 1. The van der Waals surface area contributed by atoms with Crippen LogP contribution in [0.3, 0.4) is 0 Å². The third-order valence-corrected chi connectivity index (χ3v) is 1.66. The van der Waals surface area contributed by atoms with Gasteiger partial charge in [-0.2, -0.15) is 0 Å². The van der Waals surface area contributed by atoms with E-state index in [0.29, 0.717) is 0 Å². The molecular formula is C6H16N2O2S. The molecule has 5 heteroatoms. The summed E-state index contributed by atoms with van der Waals surface area (Å²) in [5.41, 5.74) is 0. The van der Waals surface area contributed by atoms with Crippen molar-refractivity contribution in [2.24, 2.45) is 0 Å². The third kappa shape index (κ3) is 4.47. The van der Waals surface area contributed by atoms with Gasteiger partial charge in [0.25, 0.3) is 0 Å². The Hall–Kier alpha value is 0.0300. The average Bonchev–Trinajstić information content (AvgIpc) is 1.81. The van der Waals surface area contributed by atoms with Crippen LogP contribution in [0.4, 0.5) is 0 Å². The molecule has 1 atom stereocenters. The van der Waals surface area contributed by atoms with Crippen LogP contribution in [0, 0.1) is 0 Å². The first kappa shape index (κ1) is 11.0. The molecule has 0 radical (unpaired) electrons. The highest BCUT2D eigenvalue weighted by atomic mass is 32.2. The van der Waals surface area contributed by atoms with Crippen molar-refractivity contribution in [2.45, 2.75) is 39.8 Å². The maximum atomic E-state index is 10.4. The van der Waals surface area contributed by atoms with Crippen LogP contribution in [0.2, 0.25) is 0 Å². The molecule has 0 aromatic rings. The van der Waals surface area contributed by atoms with Crippen molar-refractivity contribution in [3.8, 4) is 0 Å². The lowest BCUT2D eigenvalue weighted by Crippen LogP contribution is -2.47. The largest absolute Gasteiger partial charge is 0.293 e. The Kier molecular flexibility index (Phi) is 4.83. The van der Waals surface area contributed by atoms with E-state index >= 15 is 0 Å². The van der Waals surface area contributed by atoms with Gasteiger partial charge < -0.3 is 0 Å². The van der Waals surface area contributed by atoms with Gasteiger partial charge in [-0.05, 0) is 27.7 Å². The van der Waals surface area contributed by atoms with Gasteiger partial charge in [0.2, 0.25) is 11.3 Å². The molecule has 11 heavy (non-hydrogen) atoms. The first-order valence-electron chi connectivity index (χ1n) is 3.60. The van der Waals surface area contributed by atoms with E-state index in [1.165, 1.54) is 0 Å². The summed E-state index contributed by atoms with van der Waals surface area (Å²) >= 11 is -1.96. The highest BCUT2D eigenvalue weighted by molar-refractivity contribution is 7.77. The maximum absolute atomic E-state index is 10.4. The Bertz CT molecular complexity index is 131. The summed E-state index contributed by atoms with van der Waals surface area (Å²) in [7, 11) is 0. The molecule has 0 aromatic carbocycles. The molecule has 0 aromatic heterocycles. The second kappa shape index (κ2) is 4.82. The second-order valence-electron chi connectivity index (χ2n) is 2.94. The van der Waals surface area contributed by atoms with Crippen molar-refractivity contribution in [1.29, 1.82) is 0 Å². The lowest BCUT2D eigenvalue weighted by atomic mass is 10.3. The summed E-state index contributed by atoms with van der Waals surface area (Å²) < 4.78 is 18.9. The minimum Gasteiger partial charge on any atom is -0.293 e. The zero-order chi connectivity index (χ0) is 9.02. The van der Waals surface area contributed by atoms with E-state index in [0.717, 1.165) is 0 Å². The van der Waals surface area contributed by atoms with Crippen molar-refractivity contribution >= 4 is 11.3 Å². The van der Waals surface area contributed by atoms with Gasteiger partial charge in [-0.1, -0.05) is 0 Å². The topological polar surface area (TPSA) is 52.6 Å². The van der Waals surface area contributed by atoms with Crippen LogP contribution >= 0.6 is 0 Å². The third-order valence-electron chi connectivity index (χ3n) is 1.30. The van der Waals surface area contributed by atoms with Crippen molar-refractivity contribution in [3.05, 3.63) is 0 Å². The molecule has 0 aliphatic rings. The fourth-order valence-corrected chi connectivity index (χ4v) is 1.50. The van der Waals surface area contributed by atoms with Crippen LogP contribution in [-0.2, 0) is 11.3 Å². The van der Waals surface area contributed by atoms with E-state index in [9.17, 15) is 4.21 Å². The van der Waals surface area contributed by atoms with Crippen LogP contribution < -0.4 is 4.83 Å². The first-order chi connectivity index (χ1) is 4.95. The first-order valence-corrected chi connectivity index (χ1v) is 4.71. The predicted octanol–water partition coefficient (Wildman–Crippen LogP) is 0.747. The van der Waals surface area contributed by atoms with Gasteiger partial charge in [0.1, 0.15) is 0 Å². The molecule has 0 spiro atoms. The summed E-state index contributed by atoms with van der Waals surface area (Å²) in [5.74, 6) is 0. The Labute approximate surface area is 70.4 Å².